The van der Waals surface area contributed by atoms with Crippen molar-refractivity contribution >= 4 is 5.82 Å². The summed E-state index contributed by atoms with van der Waals surface area (Å²) in [4.78, 5) is 8.77. The van der Waals surface area contributed by atoms with Crippen LogP contribution in [0.4, 0.5) is 5.82 Å². The lowest BCUT2D eigenvalue weighted by atomic mass is 10.1. The average Bonchev–Trinajstić information content (AvgIpc) is 2.97. The Morgan fingerprint density at radius 2 is 1.81 bits per heavy atom. The highest BCUT2D eigenvalue weighted by molar-refractivity contribution is 5.61. The van der Waals surface area contributed by atoms with E-state index < -0.39 is 0 Å². The smallest absolute Gasteiger partial charge is 0.159 e. The molecule has 5 heteroatoms. The molecule has 106 valence electrons. The molecule has 0 aliphatic heterocycles. The Morgan fingerprint density at radius 1 is 1.05 bits per heavy atom. The van der Waals surface area contributed by atoms with E-state index in [2.05, 4.69) is 27.2 Å². The summed E-state index contributed by atoms with van der Waals surface area (Å²) in [6, 6.07) is 11.8. The van der Waals surface area contributed by atoms with E-state index in [9.17, 15) is 0 Å². The Labute approximate surface area is 123 Å². The van der Waals surface area contributed by atoms with Gasteiger partial charge in [-0.2, -0.15) is 5.10 Å². The molecule has 2 N–H and O–H groups in total. The molecule has 2 aromatic heterocycles. The lowest BCUT2D eigenvalue weighted by Crippen LogP contribution is -2.07. The van der Waals surface area contributed by atoms with Gasteiger partial charge in [0.25, 0.3) is 0 Å². The summed E-state index contributed by atoms with van der Waals surface area (Å²) in [5.74, 6) is 2.09. The number of benzene rings is 1. The van der Waals surface area contributed by atoms with Gasteiger partial charge >= 0.3 is 0 Å². The summed E-state index contributed by atoms with van der Waals surface area (Å²) >= 11 is 0. The summed E-state index contributed by atoms with van der Waals surface area (Å²) in [7, 11) is 0. The van der Waals surface area contributed by atoms with Crippen LogP contribution in [0.15, 0.2) is 48.8 Å². The fraction of sp³-hybridized carbons (Fsp3) is 0.188. The first-order chi connectivity index (χ1) is 10.1. The second-order valence-electron chi connectivity index (χ2n) is 5.20. The zero-order valence-electron chi connectivity index (χ0n) is 12.1. The monoisotopic (exact) mass is 279 g/mol. The lowest BCUT2D eigenvalue weighted by Gasteiger charge is -2.07. The first kappa shape index (κ1) is 13.3. The van der Waals surface area contributed by atoms with Crippen molar-refractivity contribution in [3.63, 3.8) is 0 Å². The molecule has 0 saturated heterocycles. The molecule has 2 heterocycles. The van der Waals surface area contributed by atoms with Crippen LogP contribution >= 0.6 is 0 Å². The molecule has 0 bridgehead atoms. The predicted molar refractivity (Wildman–Crippen MR) is 83.1 cm³/mol. The molecule has 0 radical (unpaired) electrons. The van der Waals surface area contributed by atoms with Crippen molar-refractivity contribution < 1.29 is 0 Å². The number of nitrogen functional groups attached to an aromatic ring is 1. The summed E-state index contributed by atoms with van der Waals surface area (Å²) < 4.78 is 1.73. The Balaban J connectivity index is 2.00. The molecule has 0 fully saturated rings. The minimum Gasteiger partial charge on any atom is -0.384 e. The Hall–Kier alpha value is -2.69. The van der Waals surface area contributed by atoms with Crippen LogP contribution in [0.25, 0.3) is 16.9 Å². The molecule has 1 aromatic carbocycles. The first-order valence-electron chi connectivity index (χ1n) is 6.88. The van der Waals surface area contributed by atoms with Gasteiger partial charge in [0, 0.05) is 23.7 Å². The maximum Gasteiger partial charge on any atom is 0.159 e. The number of nitrogens with zero attached hydrogens (tertiary/aromatic N) is 4. The summed E-state index contributed by atoms with van der Waals surface area (Å²) in [5.41, 5.74) is 8.02. The van der Waals surface area contributed by atoms with E-state index in [1.807, 2.05) is 44.4 Å². The van der Waals surface area contributed by atoms with Crippen LogP contribution in [0.3, 0.4) is 0 Å². The van der Waals surface area contributed by atoms with Gasteiger partial charge in [-0.3, -0.25) is 0 Å². The van der Waals surface area contributed by atoms with Crippen LogP contribution in [0.5, 0.6) is 0 Å². The Bertz CT molecular complexity index is 746. The van der Waals surface area contributed by atoms with Crippen molar-refractivity contribution in [3.05, 3.63) is 54.6 Å². The van der Waals surface area contributed by atoms with Gasteiger partial charge in [0.15, 0.2) is 5.82 Å². The highest BCUT2D eigenvalue weighted by Gasteiger charge is 2.09. The molecule has 5 nitrogen and oxygen atoms in total. The van der Waals surface area contributed by atoms with Gasteiger partial charge in [-0.1, -0.05) is 44.2 Å². The van der Waals surface area contributed by atoms with Gasteiger partial charge in [0.2, 0.25) is 0 Å². The molecule has 0 atom stereocenters. The van der Waals surface area contributed by atoms with E-state index in [0.717, 1.165) is 17.0 Å². The van der Waals surface area contributed by atoms with Gasteiger partial charge in [-0.05, 0) is 5.56 Å². The Kier molecular flexibility index (Phi) is 3.39. The van der Waals surface area contributed by atoms with E-state index in [1.165, 1.54) is 0 Å². The Morgan fingerprint density at radius 3 is 2.52 bits per heavy atom. The zero-order chi connectivity index (χ0) is 14.8. The van der Waals surface area contributed by atoms with E-state index in [-0.39, 0.29) is 5.92 Å². The zero-order valence-corrected chi connectivity index (χ0v) is 12.1. The van der Waals surface area contributed by atoms with Gasteiger partial charge in [-0.15, -0.1) is 0 Å². The maximum absolute atomic E-state index is 5.86. The van der Waals surface area contributed by atoms with E-state index >= 15 is 0 Å². The number of aromatic nitrogens is 4. The number of rotatable bonds is 3. The molecule has 0 spiro atoms. The number of hydrogen-bond acceptors (Lipinski definition) is 4. The van der Waals surface area contributed by atoms with Crippen molar-refractivity contribution in [2.24, 2.45) is 0 Å². The normalized spacial score (nSPS) is 11.0. The van der Waals surface area contributed by atoms with E-state index in [0.29, 0.717) is 11.6 Å². The van der Waals surface area contributed by atoms with Crippen molar-refractivity contribution in [1.29, 1.82) is 0 Å². The predicted octanol–water partition coefficient (Wildman–Crippen LogP) is 3.03. The fourth-order valence-corrected chi connectivity index (χ4v) is 2.07. The molecule has 21 heavy (non-hydrogen) atoms. The first-order valence-corrected chi connectivity index (χ1v) is 6.88. The third kappa shape index (κ3) is 2.76. The lowest BCUT2D eigenvalue weighted by molar-refractivity contribution is 0.748. The van der Waals surface area contributed by atoms with Crippen LogP contribution in [-0.4, -0.2) is 19.7 Å². The van der Waals surface area contributed by atoms with Crippen molar-refractivity contribution in [2.75, 3.05) is 5.73 Å². The van der Waals surface area contributed by atoms with Crippen LogP contribution in [0, 0.1) is 0 Å². The topological polar surface area (TPSA) is 69.6 Å². The average molecular weight is 279 g/mol. The summed E-state index contributed by atoms with van der Waals surface area (Å²) in [6.07, 6.45) is 3.77. The van der Waals surface area contributed by atoms with Crippen LogP contribution in [0.2, 0.25) is 0 Å². The molecule has 0 aliphatic rings. The highest BCUT2D eigenvalue weighted by atomic mass is 15.3. The van der Waals surface area contributed by atoms with Crippen LogP contribution < -0.4 is 5.73 Å². The highest BCUT2D eigenvalue weighted by Crippen LogP contribution is 2.20. The van der Waals surface area contributed by atoms with Crippen molar-refractivity contribution in [2.45, 2.75) is 19.8 Å². The van der Waals surface area contributed by atoms with Crippen molar-refractivity contribution in [1.82, 2.24) is 19.7 Å². The van der Waals surface area contributed by atoms with E-state index in [1.54, 1.807) is 10.7 Å². The quantitative estimate of drug-likeness (QED) is 0.800. The number of anilines is 1. The third-order valence-electron chi connectivity index (χ3n) is 3.19. The molecule has 0 saturated carbocycles. The molecular weight excluding hydrogens is 262 g/mol. The minimum absolute atomic E-state index is 0.219. The van der Waals surface area contributed by atoms with E-state index in [4.69, 9.17) is 5.73 Å². The molecule has 0 aliphatic carbocycles. The molecule has 0 unspecified atom stereocenters. The maximum atomic E-state index is 5.86. The van der Waals surface area contributed by atoms with Crippen LogP contribution in [-0.2, 0) is 0 Å². The SMILES string of the molecule is CC(C)c1nc(N)cc(-n2cc(-c3ccccc3)cn2)n1. The van der Waals surface area contributed by atoms with Gasteiger partial charge < -0.3 is 5.73 Å². The third-order valence-corrected chi connectivity index (χ3v) is 3.19. The largest absolute Gasteiger partial charge is 0.384 e. The molecule has 0 amide bonds. The van der Waals surface area contributed by atoms with Gasteiger partial charge in [-0.25, -0.2) is 14.6 Å². The number of nitrogens with two attached hydrogens (primary N) is 1. The second-order valence-corrected chi connectivity index (χ2v) is 5.20. The van der Waals surface area contributed by atoms with Gasteiger partial charge in [0.05, 0.1) is 6.20 Å². The molecular formula is C16H17N5. The van der Waals surface area contributed by atoms with Crippen LogP contribution in [0.1, 0.15) is 25.6 Å². The fourth-order valence-electron chi connectivity index (χ4n) is 2.07. The summed E-state index contributed by atoms with van der Waals surface area (Å²) in [6.45, 7) is 4.08. The number of hydrogen-bond donors (Lipinski definition) is 1. The second kappa shape index (κ2) is 5.36. The van der Waals surface area contributed by atoms with Crippen molar-refractivity contribution in [3.8, 4) is 16.9 Å². The standard InChI is InChI=1S/C16H17N5/c1-11(2)16-19-14(17)8-15(20-16)21-10-13(9-18-21)12-6-4-3-5-7-12/h3-11H,1-2H3,(H2,17,19,20). The summed E-state index contributed by atoms with van der Waals surface area (Å²) in [5, 5.41) is 4.38. The molecule has 3 aromatic rings. The molecule has 3 rings (SSSR count). The van der Waals surface area contributed by atoms with Gasteiger partial charge in [0.1, 0.15) is 11.6 Å². The minimum atomic E-state index is 0.219.